The van der Waals surface area contributed by atoms with E-state index in [9.17, 15) is 23.9 Å². The van der Waals surface area contributed by atoms with Gasteiger partial charge in [0.15, 0.2) is 5.82 Å². The minimum absolute atomic E-state index is 0.00724. The van der Waals surface area contributed by atoms with Crippen LogP contribution in [0.2, 0.25) is 5.02 Å². The van der Waals surface area contributed by atoms with Crippen molar-refractivity contribution < 1.29 is 23.9 Å². The summed E-state index contributed by atoms with van der Waals surface area (Å²) >= 11 is 5.90. The van der Waals surface area contributed by atoms with Crippen molar-refractivity contribution in [3.63, 3.8) is 0 Å². The van der Waals surface area contributed by atoms with Gasteiger partial charge in [-0.15, -0.1) is 5.10 Å². The second-order valence-electron chi connectivity index (χ2n) is 9.10. The Hall–Kier alpha value is -4.05. The molecule has 9 nitrogen and oxygen atoms in total. The quantitative estimate of drug-likeness (QED) is 0.428. The SMILES string of the molecule is CNC(=O)c1cc(Cl)c(F)cc1NC(=O)C1(c2ccccc2C(C)C)CN(c2nnccc2C(=O)O)C1. The summed E-state index contributed by atoms with van der Waals surface area (Å²) in [6, 6.07) is 11.0. The monoisotopic (exact) mass is 525 g/mol. The molecule has 0 saturated carbocycles. The van der Waals surface area contributed by atoms with Crippen molar-refractivity contribution in [2.75, 3.05) is 30.4 Å². The summed E-state index contributed by atoms with van der Waals surface area (Å²) in [7, 11) is 1.41. The lowest BCUT2D eigenvalue weighted by molar-refractivity contribution is -0.122. The average Bonchev–Trinajstić information content (AvgIpc) is 2.85. The van der Waals surface area contributed by atoms with E-state index in [-0.39, 0.29) is 46.7 Å². The number of aromatic carboxylic acids is 1. The summed E-state index contributed by atoms with van der Waals surface area (Å²) in [4.78, 5) is 39.8. The van der Waals surface area contributed by atoms with Crippen molar-refractivity contribution in [3.8, 4) is 0 Å². The molecule has 1 saturated heterocycles. The normalized spacial score (nSPS) is 14.2. The van der Waals surface area contributed by atoms with Crippen LogP contribution in [0.5, 0.6) is 0 Å². The molecule has 1 aliphatic rings. The molecule has 1 aromatic heterocycles. The molecule has 2 heterocycles. The van der Waals surface area contributed by atoms with Crippen LogP contribution < -0.4 is 15.5 Å². The van der Waals surface area contributed by atoms with Crippen LogP contribution in [0.25, 0.3) is 0 Å². The Labute approximate surface area is 217 Å². The van der Waals surface area contributed by atoms with Crippen molar-refractivity contribution in [1.82, 2.24) is 15.5 Å². The highest BCUT2D eigenvalue weighted by Crippen LogP contribution is 2.42. The van der Waals surface area contributed by atoms with E-state index in [4.69, 9.17) is 11.6 Å². The molecule has 3 N–H and O–H groups in total. The molecule has 2 aromatic carbocycles. The zero-order chi connectivity index (χ0) is 26.9. The summed E-state index contributed by atoms with van der Waals surface area (Å²) < 4.78 is 14.4. The van der Waals surface area contributed by atoms with Crippen LogP contribution in [-0.2, 0) is 10.2 Å². The highest BCUT2D eigenvalue weighted by molar-refractivity contribution is 6.31. The van der Waals surface area contributed by atoms with Crippen molar-refractivity contribution >= 4 is 40.9 Å². The molecular formula is C26H25ClFN5O4. The third-order valence-corrected chi connectivity index (χ3v) is 6.76. The van der Waals surface area contributed by atoms with E-state index in [0.717, 1.165) is 23.3 Å². The molecule has 11 heteroatoms. The number of nitrogens with zero attached hydrogens (tertiary/aromatic N) is 3. The Balaban J connectivity index is 1.78. The Morgan fingerprint density at radius 2 is 1.84 bits per heavy atom. The van der Waals surface area contributed by atoms with Gasteiger partial charge in [-0.1, -0.05) is 49.7 Å². The minimum atomic E-state index is -1.17. The molecule has 4 rings (SSSR count). The maximum absolute atomic E-state index is 14.4. The topological polar surface area (TPSA) is 125 Å². The van der Waals surface area contributed by atoms with Crippen LogP contribution >= 0.6 is 11.6 Å². The fraction of sp³-hybridized carbons (Fsp3) is 0.269. The second kappa shape index (κ2) is 10.1. The molecule has 0 unspecified atom stereocenters. The van der Waals surface area contributed by atoms with Crippen LogP contribution in [0.3, 0.4) is 0 Å². The first-order valence-corrected chi connectivity index (χ1v) is 11.9. The number of carboxylic acids is 1. The number of nitrogens with one attached hydrogen (secondary N) is 2. The number of carbonyl (C=O) groups is 3. The summed E-state index contributed by atoms with van der Waals surface area (Å²) in [6.45, 7) is 4.19. The Morgan fingerprint density at radius 3 is 2.49 bits per heavy atom. The van der Waals surface area contributed by atoms with Gasteiger partial charge >= 0.3 is 5.97 Å². The van der Waals surface area contributed by atoms with E-state index < -0.39 is 29.0 Å². The van der Waals surface area contributed by atoms with Crippen LogP contribution in [-0.4, -0.2) is 53.2 Å². The predicted octanol–water partition coefficient (Wildman–Crippen LogP) is 3.85. The zero-order valence-corrected chi connectivity index (χ0v) is 21.1. The van der Waals surface area contributed by atoms with Crippen LogP contribution in [0.1, 0.15) is 51.6 Å². The third kappa shape index (κ3) is 4.72. The summed E-state index contributed by atoms with van der Waals surface area (Å²) in [5.74, 6) is -2.76. The fourth-order valence-corrected chi connectivity index (χ4v) is 4.73. The van der Waals surface area contributed by atoms with Gasteiger partial charge in [-0.25, -0.2) is 9.18 Å². The van der Waals surface area contributed by atoms with E-state index in [1.165, 1.54) is 19.3 Å². The van der Waals surface area contributed by atoms with E-state index in [1.807, 2.05) is 38.1 Å². The maximum atomic E-state index is 14.4. The van der Waals surface area contributed by atoms with Gasteiger partial charge in [0.2, 0.25) is 5.91 Å². The molecule has 0 spiro atoms. The van der Waals surface area contributed by atoms with Gasteiger partial charge < -0.3 is 20.6 Å². The van der Waals surface area contributed by atoms with Crippen molar-refractivity contribution in [1.29, 1.82) is 0 Å². The van der Waals surface area contributed by atoms with Crippen LogP contribution in [0.4, 0.5) is 15.9 Å². The summed E-state index contributed by atoms with van der Waals surface area (Å²) in [5.41, 5.74) is 0.469. The molecule has 1 aliphatic heterocycles. The largest absolute Gasteiger partial charge is 0.478 e. The average molecular weight is 526 g/mol. The van der Waals surface area contributed by atoms with Gasteiger partial charge in [-0.2, -0.15) is 5.10 Å². The molecule has 192 valence electrons. The predicted molar refractivity (Wildman–Crippen MR) is 137 cm³/mol. The molecule has 37 heavy (non-hydrogen) atoms. The third-order valence-electron chi connectivity index (χ3n) is 6.47. The lowest BCUT2D eigenvalue weighted by Gasteiger charge is -2.50. The smallest absolute Gasteiger partial charge is 0.339 e. The lowest BCUT2D eigenvalue weighted by atomic mass is 9.69. The minimum Gasteiger partial charge on any atom is -0.478 e. The number of amides is 2. The van der Waals surface area contributed by atoms with Gasteiger partial charge in [-0.3, -0.25) is 9.59 Å². The zero-order valence-electron chi connectivity index (χ0n) is 20.4. The number of anilines is 2. The lowest BCUT2D eigenvalue weighted by Crippen LogP contribution is -2.66. The summed E-state index contributed by atoms with van der Waals surface area (Å²) in [6.07, 6.45) is 1.29. The molecule has 0 atom stereocenters. The van der Waals surface area contributed by atoms with Crippen molar-refractivity contribution in [2.24, 2.45) is 0 Å². The Morgan fingerprint density at radius 1 is 1.14 bits per heavy atom. The number of rotatable bonds is 7. The number of carbonyl (C=O) groups excluding carboxylic acids is 2. The number of aromatic nitrogens is 2. The number of carboxylic acid groups (broad SMARTS) is 1. The first-order valence-electron chi connectivity index (χ1n) is 11.5. The van der Waals surface area contributed by atoms with E-state index in [0.29, 0.717) is 0 Å². The van der Waals surface area contributed by atoms with Gasteiger partial charge in [0.1, 0.15) is 16.8 Å². The van der Waals surface area contributed by atoms with E-state index >= 15 is 0 Å². The van der Waals surface area contributed by atoms with Crippen LogP contribution in [0.15, 0.2) is 48.7 Å². The highest BCUT2D eigenvalue weighted by atomic mass is 35.5. The van der Waals surface area contributed by atoms with E-state index in [2.05, 4.69) is 20.8 Å². The molecule has 0 bridgehead atoms. The highest BCUT2D eigenvalue weighted by Gasteiger charge is 2.53. The van der Waals surface area contributed by atoms with Gasteiger partial charge in [0.05, 0.1) is 22.5 Å². The molecule has 3 aromatic rings. The van der Waals surface area contributed by atoms with Crippen molar-refractivity contribution in [3.05, 3.63) is 81.8 Å². The first-order chi connectivity index (χ1) is 17.6. The van der Waals surface area contributed by atoms with Gasteiger partial charge in [0.25, 0.3) is 5.91 Å². The fourth-order valence-electron chi connectivity index (χ4n) is 4.57. The standard InChI is InChI=1S/C26H25ClFN5O4/c1-14(2)15-6-4-5-7-18(15)26(12-33(13-26)22-16(24(35)36)8-9-30-32-22)25(37)31-21-11-20(28)19(27)10-17(21)23(34)29-3/h4-11,14H,12-13H2,1-3H3,(H,29,34)(H,31,37)(H,35,36). The number of benzene rings is 2. The number of halogens is 2. The number of hydrogen-bond acceptors (Lipinski definition) is 6. The van der Waals surface area contributed by atoms with Gasteiger partial charge in [0, 0.05) is 20.1 Å². The van der Waals surface area contributed by atoms with Gasteiger partial charge in [-0.05, 0) is 35.2 Å². The molecule has 0 radical (unpaired) electrons. The first kappa shape index (κ1) is 26.0. The Bertz CT molecular complexity index is 1390. The molecular weight excluding hydrogens is 501 g/mol. The van der Waals surface area contributed by atoms with E-state index in [1.54, 1.807) is 4.90 Å². The summed E-state index contributed by atoms with van der Waals surface area (Å²) in [5, 5.41) is 22.3. The van der Waals surface area contributed by atoms with Crippen molar-refractivity contribution in [2.45, 2.75) is 25.2 Å². The maximum Gasteiger partial charge on any atom is 0.339 e. The second-order valence-corrected chi connectivity index (χ2v) is 9.51. The molecule has 2 amide bonds. The number of hydrogen-bond donors (Lipinski definition) is 3. The van der Waals surface area contributed by atoms with Crippen LogP contribution in [0, 0.1) is 5.82 Å². The molecule has 0 aliphatic carbocycles. The Kier molecular flexibility index (Phi) is 7.13. The molecule has 1 fully saturated rings.